The fourth-order valence-electron chi connectivity index (χ4n) is 0.110. The van der Waals surface area contributed by atoms with Crippen molar-refractivity contribution >= 4 is 14.2 Å². The smallest absolute Gasteiger partial charge is 0.478 e. The van der Waals surface area contributed by atoms with Crippen molar-refractivity contribution in [2.75, 3.05) is 6.61 Å². The lowest BCUT2D eigenvalue weighted by Gasteiger charge is -1.79. The first kappa shape index (κ1) is 13.8. The molecule has 0 heterocycles. The Morgan fingerprint density at radius 2 is 2.00 bits per heavy atom. The number of hydrogen-bond acceptors (Lipinski definition) is 3. The number of hydrogen-bond donors (Lipinski definition) is 2. The average Bonchev–Trinajstić information content (AvgIpc) is 1.87. The van der Waals surface area contributed by atoms with Crippen LogP contribution in [0.5, 0.6) is 0 Å². The summed E-state index contributed by atoms with van der Waals surface area (Å²) in [5, 5.41) is 7.89. The molecule has 12 heavy (non-hydrogen) atoms. The number of rotatable bonds is 3. The van der Waals surface area contributed by atoms with Gasteiger partial charge in [-0.05, 0) is 13.8 Å². The number of carboxylic acid groups (broad SMARTS) is 1. The van der Waals surface area contributed by atoms with Gasteiger partial charge in [-0.2, -0.15) is 0 Å². The van der Waals surface area contributed by atoms with Crippen LogP contribution in [0.1, 0.15) is 13.8 Å². The second-order valence-electron chi connectivity index (χ2n) is 1.74. The molecular weight excluding hydrogens is 183 g/mol. The topological polar surface area (TPSA) is 83.8 Å². The molecule has 0 aromatic carbocycles. The monoisotopic (exact) mass is 195 g/mol. The molecule has 2 N–H and O–H groups in total. The predicted molar refractivity (Wildman–Crippen MR) is 43.9 cm³/mol. The summed E-state index contributed by atoms with van der Waals surface area (Å²) < 4.78 is 13.6. The van der Waals surface area contributed by atoms with Gasteiger partial charge < -0.3 is 5.11 Å². The van der Waals surface area contributed by atoms with E-state index in [-0.39, 0.29) is 5.57 Å². The maximum absolute atomic E-state index is 9.60. The Morgan fingerprint density at radius 3 is 2.00 bits per heavy atom. The zero-order valence-electron chi connectivity index (χ0n) is 6.98. The predicted octanol–water partition coefficient (Wildman–Crippen LogP) is 1.32. The Morgan fingerprint density at radius 1 is 1.67 bits per heavy atom. The number of carbonyl (C=O) groups is 1. The summed E-state index contributed by atoms with van der Waals surface area (Å²) in [6.07, 6.45) is 0. The third-order valence-corrected chi connectivity index (χ3v) is 1.08. The molecular formula is C6H12O5P+. The number of aliphatic carboxylic acids is 1. The fourth-order valence-corrected chi connectivity index (χ4v) is 0.331. The summed E-state index contributed by atoms with van der Waals surface area (Å²) in [5.74, 6) is -0.935. The fraction of sp³-hybridized carbons (Fsp3) is 0.500. The van der Waals surface area contributed by atoms with Crippen LogP contribution in [0.4, 0.5) is 0 Å². The molecule has 0 fully saturated rings. The Kier molecular flexibility index (Phi) is 9.57. The van der Waals surface area contributed by atoms with Crippen LogP contribution in [-0.4, -0.2) is 22.6 Å². The normalized spacial score (nSPS) is 9.42. The molecule has 1 unspecified atom stereocenters. The van der Waals surface area contributed by atoms with Gasteiger partial charge in [0.2, 0.25) is 0 Å². The van der Waals surface area contributed by atoms with E-state index in [1.54, 1.807) is 6.92 Å². The SMILES string of the molecule is C=C(C)C(=O)O.CCO[P+](=O)O. The van der Waals surface area contributed by atoms with Crippen molar-refractivity contribution < 1.29 is 23.9 Å². The van der Waals surface area contributed by atoms with Crippen LogP contribution in [0, 0.1) is 0 Å². The summed E-state index contributed by atoms with van der Waals surface area (Å²) >= 11 is 0. The van der Waals surface area contributed by atoms with Gasteiger partial charge in [0.25, 0.3) is 0 Å². The lowest BCUT2D eigenvalue weighted by molar-refractivity contribution is -0.132. The highest BCUT2D eigenvalue weighted by atomic mass is 31.1. The molecule has 0 amide bonds. The van der Waals surface area contributed by atoms with E-state index < -0.39 is 14.2 Å². The first-order valence-corrected chi connectivity index (χ1v) is 4.22. The van der Waals surface area contributed by atoms with Gasteiger partial charge in [-0.3, -0.25) is 0 Å². The van der Waals surface area contributed by atoms with Crippen LogP contribution in [0.2, 0.25) is 0 Å². The Balaban J connectivity index is 0. The van der Waals surface area contributed by atoms with Gasteiger partial charge in [0.15, 0.2) is 0 Å². The molecule has 0 spiro atoms. The standard InChI is InChI=1S/C4H6O2.C2H5O3P/c1-3(2)4(5)6;1-2-5-6(3)4/h1H2,2H3,(H,5,6);2H2,1H3/p+1. The second-order valence-corrected chi connectivity index (χ2v) is 2.47. The lowest BCUT2D eigenvalue weighted by atomic mass is 10.4. The summed E-state index contributed by atoms with van der Waals surface area (Å²) in [5.41, 5.74) is 0.176. The van der Waals surface area contributed by atoms with Gasteiger partial charge in [-0.25, -0.2) is 4.79 Å². The van der Waals surface area contributed by atoms with Gasteiger partial charge in [-0.1, -0.05) is 6.58 Å². The number of carboxylic acids is 1. The Hall–Kier alpha value is -0.770. The zero-order valence-corrected chi connectivity index (χ0v) is 7.88. The summed E-state index contributed by atoms with van der Waals surface area (Å²) in [4.78, 5) is 17.4. The first-order valence-electron chi connectivity index (χ1n) is 3.09. The molecule has 70 valence electrons. The van der Waals surface area contributed by atoms with Crippen molar-refractivity contribution in [1.82, 2.24) is 0 Å². The minimum Gasteiger partial charge on any atom is -0.478 e. The van der Waals surface area contributed by atoms with Gasteiger partial charge in [0.1, 0.15) is 6.61 Å². The van der Waals surface area contributed by atoms with E-state index in [2.05, 4.69) is 11.1 Å². The summed E-state index contributed by atoms with van der Waals surface area (Å²) in [7, 11) is -2.35. The minimum atomic E-state index is -2.35. The molecule has 0 radical (unpaired) electrons. The zero-order chi connectivity index (χ0) is 10.1. The lowest BCUT2D eigenvalue weighted by Crippen LogP contribution is -1.92. The van der Waals surface area contributed by atoms with E-state index >= 15 is 0 Å². The maximum Gasteiger partial charge on any atom is 0.694 e. The van der Waals surface area contributed by atoms with Crippen LogP contribution in [-0.2, 0) is 13.9 Å². The second kappa shape index (κ2) is 8.33. The Bertz CT molecular complexity index is 165. The van der Waals surface area contributed by atoms with Crippen molar-refractivity contribution in [3.63, 3.8) is 0 Å². The Labute approximate surface area is 71.6 Å². The molecule has 0 aliphatic carbocycles. The van der Waals surface area contributed by atoms with E-state index in [0.29, 0.717) is 6.61 Å². The van der Waals surface area contributed by atoms with E-state index in [4.69, 9.17) is 10.00 Å². The molecule has 5 nitrogen and oxygen atoms in total. The molecule has 0 bridgehead atoms. The van der Waals surface area contributed by atoms with Crippen molar-refractivity contribution in [2.24, 2.45) is 0 Å². The van der Waals surface area contributed by atoms with Gasteiger partial charge in [-0.15, -0.1) is 9.42 Å². The molecule has 0 aromatic rings. The summed E-state index contributed by atoms with van der Waals surface area (Å²) in [6.45, 7) is 6.56. The van der Waals surface area contributed by atoms with Crippen molar-refractivity contribution in [1.29, 1.82) is 0 Å². The van der Waals surface area contributed by atoms with E-state index in [0.717, 1.165) is 0 Å². The molecule has 0 aliphatic rings. The van der Waals surface area contributed by atoms with Gasteiger partial charge >= 0.3 is 14.2 Å². The molecule has 6 heteroatoms. The van der Waals surface area contributed by atoms with E-state index in [1.807, 2.05) is 0 Å². The molecule has 1 atom stereocenters. The van der Waals surface area contributed by atoms with Gasteiger partial charge in [0.05, 0.1) is 0 Å². The largest absolute Gasteiger partial charge is 0.694 e. The van der Waals surface area contributed by atoms with Crippen molar-refractivity contribution in [3.05, 3.63) is 12.2 Å². The van der Waals surface area contributed by atoms with Crippen LogP contribution in [0.15, 0.2) is 12.2 Å². The average molecular weight is 195 g/mol. The van der Waals surface area contributed by atoms with Crippen molar-refractivity contribution in [3.8, 4) is 0 Å². The summed E-state index contributed by atoms with van der Waals surface area (Å²) in [6, 6.07) is 0. The third-order valence-electron chi connectivity index (χ3n) is 0.605. The van der Waals surface area contributed by atoms with Crippen LogP contribution >= 0.6 is 8.25 Å². The highest BCUT2D eigenvalue weighted by Gasteiger charge is 2.06. The molecule has 0 rings (SSSR count). The first-order chi connectivity index (χ1) is 5.41. The highest BCUT2D eigenvalue weighted by molar-refractivity contribution is 7.32. The third kappa shape index (κ3) is 16.1. The quantitative estimate of drug-likeness (QED) is 0.524. The van der Waals surface area contributed by atoms with Crippen LogP contribution in [0.25, 0.3) is 0 Å². The maximum atomic E-state index is 9.60. The minimum absolute atomic E-state index is 0.176. The van der Waals surface area contributed by atoms with Crippen LogP contribution in [0.3, 0.4) is 0 Å². The van der Waals surface area contributed by atoms with Crippen LogP contribution < -0.4 is 0 Å². The molecule has 0 aromatic heterocycles. The van der Waals surface area contributed by atoms with Crippen molar-refractivity contribution in [2.45, 2.75) is 13.8 Å². The molecule has 0 saturated heterocycles. The van der Waals surface area contributed by atoms with E-state index in [1.165, 1.54) is 6.92 Å². The van der Waals surface area contributed by atoms with E-state index in [9.17, 15) is 9.36 Å². The highest BCUT2D eigenvalue weighted by Crippen LogP contribution is 2.12. The molecule has 0 saturated carbocycles. The molecule has 0 aliphatic heterocycles. The van der Waals surface area contributed by atoms with Gasteiger partial charge in [0, 0.05) is 10.1 Å².